The van der Waals surface area contributed by atoms with Crippen molar-refractivity contribution in [3.8, 4) is 0 Å². The molecular formula is C14H24N4O. The quantitative estimate of drug-likeness (QED) is 0.838. The maximum Gasteiger partial charge on any atom is 0.150 e. The van der Waals surface area contributed by atoms with E-state index in [2.05, 4.69) is 46.5 Å². The van der Waals surface area contributed by atoms with Gasteiger partial charge in [0.1, 0.15) is 0 Å². The maximum absolute atomic E-state index is 5.69. The second-order valence-electron chi connectivity index (χ2n) is 5.04. The van der Waals surface area contributed by atoms with Crippen molar-refractivity contribution in [2.24, 2.45) is 0 Å². The van der Waals surface area contributed by atoms with Crippen LogP contribution in [0.25, 0.3) is 0 Å². The molecule has 2 heterocycles. The van der Waals surface area contributed by atoms with Gasteiger partial charge in [-0.25, -0.2) is 0 Å². The van der Waals surface area contributed by atoms with Gasteiger partial charge in [-0.2, -0.15) is 5.10 Å². The Morgan fingerprint density at radius 3 is 2.95 bits per heavy atom. The Kier molecular flexibility index (Phi) is 5.54. The summed E-state index contributed by atoms with van der Waals surface area (Å²) in [6.45, 7) is 5.83. The first-order chi connectivity index (χ1) is 9.29. The number of rotatable bonds is 6. The Morgan fingerprint density at radius 2 is 2.32 bits per heavy atom. The number of nitrogens with one attached hydrogen (secondary N) is 1. The molecule has 1 saturated heterocycles. The van der Waals surface area contributed by atoms with Crippen molar-refractivity contribution in [1.82, 2.24) is 15.5 Å². The van der Waals surface area contributed by atoms with Crippen molar-refractivity contribution in [3.05, 3.63) is 17.8 Å². The first kappa shape index (κ1) is 14.2. The number of ether oxygens (including phenoxy) is 1. The SMILES string of the molecule is CCCc1ccc(N(C)CCC2CNCCO2)nn1. The Morgan fingerprint density at radius 1 is 1.42 bits per heavy atom. The highest BCUT2D eigenvalue weighted by molar-refractivity contribution is 5.35. The van der Waals surface area contributed by atoms with Gasteiger partial charge >= 0.3 is 0 Å². The number of morpholine rings is 1. The average Bonchev–Trinajstić information content (AvgIpc) is 2.47. The van der Waals surface area contributed by atoms with Crippen molar-refractivity contribution in [3.63, 3.8) is 0 Å². The second-order valence-corrected chi connectivity index (χ2v) is 5.04. The van der Waals surface area contributed by atoms with Gasteiger partial charge in [-0.05, 0) is 25.0 Å². The number of aryl methyl sites for hydroxylation is 1. The van der Waals surface area contributed by atoms with E-state index in [-0.39, 0.29) is 0 Å². The fraction of sp³-hybridized carbons (Fsp3) is 0.714. The van der Waals surface area contributed by atoms with Crippen molar-refractivity contribution in [2.45, 2.75) is 32.3 Å². The summed E-state index contributed by atoms with van der Waals surface area (Å²) in [4.78, 5) is 2.14. The number of hydrogen-bond acceptors (Lipinski definition) is 5. The zero-order valence-electron chi connectivity index (χ0n) is 11.9. The van der Waals surface area contributed by atoms with Gasteiger partial charge in [0.2, 0.25) is 0 Å². The number of aromatic nitrogens is 2. The van der Waals surface area contributed by atoms with Gasteiger partial charge < -0.3 is 15.0 Å². The summed E-state index contributed by atoms with van der Waals surface area (Å²) < 4.78 is 5.69. The lowest BCUT2D eigenvalue weighted by atomic mass is 10.2. The fourth-order valence-corrected chi connectivity index (χ4v) is 2.20. The van der Waals surface area contributed by atoms with E-state index in [0.29, 0.717) is 6.10 Å². The summed E-state index contributed by atoms with van der Waals surface area (Å²) in [7, 11) is 2.06. The van der Waals surface area contributed by atoms with Gasteiger partial charge in [-0.15, -0.1) is 5.10 Å². The van der Waals surface area contributed by atoms with E-state index in [1.54, 1.807) is 0 Å². The van der Waals surface area contributed by atoms with Crippen LogP contribution in [0.2, 0.25) is 0 Å². The molecule has 1 unspecified atom stereocenters. The molecule has 0 aliphatic carbocycles. The average molecular weight is 264 g/mol. The van der Waals surface area contributed by atoms with Crippen LogP contribution >= 0.6 is 0 Å². The van der Waals surface area contributed by atoms with Gasteiger partial charge in [0.15, 0.2) is 5.82 Å². The summed E-state index contributed by atoms with van der Waals surface area (Å²) in [5.41, 5.74) is 1.07. The van der Waals surface area contributed by atoms with E-state index in [9.17, 15) is 0 Å². The third kappa shape index (κ3) is 4.44. The van der Waals surface area contributed by atoms with Crippen LogP contribution < -0.4 is 10.2 Å². The van der Waals surface area contributed by atoms with E-state index in [0.717, 1.165) is 57.0 Å². The van der Waals surface area contributed by atoms with Crippen LogP contribution in [0.5, 0.6) is 0 Å². The number of nitrogens with zero attached hydrogens (tertiary/aromatic N) is 3. The fourth-order valence-electron chi connectivity index (χ4n) is 2.20. The van der Waals surface area contributed by atoms with Gasteiger partial charge in [-0.3, -0.25) is 0 Å². The molecular weight excluding hydrogens is 240 g/mol. The first-order valence-corrected chi connectivity index (χ1v) is 7.15. The van der Waals surface area contributed by atoms with Crippen LogP contribution in [0.3, 0.4) is 0 Å². The molecule has 1 atom stereocenters. The molecule has 0 saturated carbocycles. The lowest BCUT2D eigenvalue weighted by Gasteiger charge is -2.26. The first-order valence-electron chi connectivity index (χ1n) is 7.15. The number of hydrogen-bond donors (Lipinski definition) is 1. The predicted molar refractivity (Wildman–Crippen MR) is 76.5 cm³/mol. The summed E-state index contributed by atoms with van der Waals surface area (Å²) in [5.74, 6) is 0.934. The minimum Gasteiger partial charge on any atom is -0.376 e. The highest BCUT2D eigenvalue weighted by Crippen LogP contribution is 2.10. The lowest BCUT2D eigenvalue weighted by Crippen LogP contribution is -2.40. The lowest BCUT2D eigenvalue weighted by molar-refractivity contribution is 0.0250. The largest absolute Gasteiger partial charge is 0.376 e. The highest BCUT2D eigenvalue weighted by atomic mass is 16.5. The molecule has 1 aliphatic rings. The standard InChI is InChI=1S/C14H24N4O/c1-3-4-12-5-6-14(17-16-12)18(2)9-7-13-11-15-8-10-19-13/h5-6,13,15H,3-4,7-11H2,1-2H3. The van der Waals surface area contributed by atoms with E-state index in [4.69, 9.17) is 4.74 Å². The van der Waals surface area contributed by atoms with Crippen molar-refractivity contribution in [2.75, 3.05) is 38.2 Å². The van der Waals surface area contributed by atoms with Crippen LogP contribution in [0.4, 0.5) is 5.82 Å². The molecule has 1 aromatic rings. The molecule has 0 bridgehead atoms. The molecule has 0 aromatic carbocycles. The molecule has 0 spiro atoms. The predicted octanol–water partition coefficient (Wildman–Crippen LogP) is 1.24. The Balaban J connectivity index is 1.79. The normalized spacial score (nSPS) is 19.4. The smallest absolute Gasteiger partial charge is 0.150 e. The van der Waals surface area contributed by atoms with E-state index in [1.807, 2.05) is 0 Å². The molecule has 5 nitrogen and oxygen atoms in total. The van der Waals surface area contributed by atoms with Gasteiger partial charge in [0, 0.05) is 26.7 Å². The number of anilines is 1. The molecule has 1 N–H and O–H groups in total. The van der Waals surface area contributed by atoms with Gasteiger partial charge in [-0.1, -0.05) is 13.3 Å². The minimum absolute atomic E-state index is 0.323. The van der Waals surface area contributed by atoms with Crippen LogP contribution in [-0.2, 0) is 11.2 Å². The topological polar surface area (TPSA) is 50.3 Å². The molecule has 0 radical (unpaired) electrons. The summed E-state index contributed by atoms with van der Waals surface area (Å²) in [6.07, 6.45) is 3.44. The zero-order valence-corrected chi connectivity index (χ0v) is 11.9. The van der Waals surface area contributed by atoms with E-state index in [1.165, 1.54) is 0 Å². The molecule has 5 heteroatoms. The zero-order chi connectivity index (χ0) is 13.5. The van der Waals surface area contributed by atoms with Crippen molar-refractivity contribution in [1.29, 1.82) is 0 Å². The van der Waals surface area contributed by atoms with Crippen LogP contribution in [0.15, 0.2) is 12.1 Å². The third-order valence-electron chi connectivity index (χ3n) is 3.39. The summed E-state index contributed by atoms with van der Waals surface area (Å²) in [5, 5.41) is 11.9. The van der Waals surface area contributed by atoms with Gasteiger partial charge in [0.25, 0.3) is 0 Å². The van der Waals surface area contributed by atoms with Crippen molar-refractivity contribution < 1.29 is 4.74 Å². The monoisotopic (exact) mass is 264 g/mol. The molecule has 1 aromatic heterocycles. The molecule has 19 heavy (non-hydrogen) atoms. The van der Waals surface area contributed by atoms with E-state index >= 15 is 0 Å². The Hall–Kier alpha value is -1.20. The highest BCUT2D eigenvalue weighted by Gasteiger charge is 2.14. The molecule has 2 rings (SSSR count). The molecule has 1 aliphatic heterocycles. The molecule has 1 fully saturated rings. The Bertz CT molecular complexity index is 362. The van der Waals surface area contributed by atoms with Crippen LogP contribution in [0, 0.1) is 0 Å². The summed E-state index contributed by atoms with van der Waals surface area (Å²) in [6, 6.07) is 4.12. The summed E-state index contributed by atoms with van der Waals surface area (Å²) >= 11 is 0. The third-order valence-corrected chi connectivity index (χ3v) is 3.39. The minimum atomic E-state index is 0.323. The molecule has 106 valence electrons. The second kappa shape index (κ2) is 7.40. The van der Waals surface area contributed by atoms with Crippen LogP contribution in [0.1, 0.15) is 25.5 Å². The molecule has 0 amide bonds. The van der Waals surface area contributed by atoms with Gasteiger partial charge in [0.05, 0.1) is 18.4 Å². The van der Waals surface area contributed by atoms with Crippen molar-refractivity contribution >= 4 is 5.82 Å². The van der Waals surface area contributed by atoms with E-state index < -0.39 is 0 Å². The Labute approximate surface area is 115 Å². The van der Waals surface area contributed by atoms with Crippen LogP contribution in [-0.4, -0.2) is 49.6 Å². The maximum atomic E-state index is 5.69.